The summed E-state index contributed by atoms with van der Waals surface area (Å²) >= 11 is 0. The second kappa shape index (κ2) is 6.18. The molecule has 1 aromatic rings. The minimum absolute atomic E-state index is 0.516. The summed E-state index contributed by atoms with van der Waals surface area (Å²) < 4.78 is 15.8. The third kappa shape index (κ3) is 3.25. The van der Waals surface area contributed by atoms with Crippen LogP contribution in [0, 0.1) is 0 Å². The molecule has 0 aliphatic carbocycles. The van der Waals surface area contributed by atoms with Crippen molar-refractivity contribution in [1.29, 1.82) is 0 Å². The number of hydrogen-bond donors (Lipinski definition) is 1. The van der Waals surface area contributed by atoms with E-state index < -0.39 is 5.60 Å². The van der Waals surface area contributed by atoms with Gasteiger partial charge in [0.05, 0.1) is 32.7 Å². The molecule has 0 saturated carbocycles. The summed E-state index contributed by atoms with van der Waals surface area (Å²) in [6, 6.07) is 5.70. The minimum atomic E-state index is -0.903. The average molecular weight is 278 g/mol. The van der Waals surface area contributed by atoms with Gasteiger partial charge in [0.1, 0.15) is 0 Å². The molecule has 1 unspecified atom stereocenters. The molecule has 0 saturated heterocycles. The number of rotatable bonds is 5. The van der Waals surface area contributed by atoms with E-state index in [0.29, 0.717) is 17.9 Å². The van der Waals surface area contributed by atoms with Gasteiger partial charge >= 0.3 is 0 Å². The molecular formula is C16H22O4. The SMILES string of the molecule is COc1ccc(CC(C)(O)C2=COCCC2)cc1OC. The monoisotopic (exact) mass is 278 g/mol. The van der Waals surface area contributed by atoms with E-state index in [4.69, 9.17) is 14.2 Å². The van der Waals surface area contributed by atoms with Crippen molar-refractivity contribution in [2.45, 2.75) is 31.8 Å². The molecule has 1 atom stereocenters. The zero-order valence-electron chi connectivity index (χ0n) is 12.3. The second-order valence-corrected chi connectivity index (χ2v) is 5.26. The van der Waals surface area contributed by atoms with Gasteiger partial charge in [0.2, 0.25) is 0 Å². The second-order valence-electron chi connectivity index (χ2n) is 5.26. The van der Waals surface area contributed by atoms with E-state index in [-0.39, 0.29) is 0 Å². The van der Waals surface area contributed by atoms with E-state index >= 15 is 0 Å². The summed E-state index contributed by atoms with van der Waals surface area (Å²) in [4.78, 5) is 0. The summed E-state index contributed by atoms with van der Waals surface area (Å²) in [5.74, 6) is 1.37. The standard InChI is InChI=1S/C16H22O4/c1-16(17,13-5-4-8-20-11-13)10-12-6-7-14(18-2)15(9-12)19-3/h6-7,9,11,17H,4-5,8,10H2,1-3H3. The first-order chi connectivity index (χ1) is 9.56. The maximum atomic E-state index is 10.7. The summed E-state index contributed by atoms with van der Waals surface area (Å²) in [5.41, 5.74) is 1.04. The lowest BCUT2D eigenvalue weighted by molar-refractivity contribution is 0.0806. The Bertz CT molecular complexity index is 491. The van der Waals surface area contributed by atoms with Crippen molar-refractivity contribution in [2.24, 2.45) is 0 Å². The molecule has 2 rings (SSSR count). The van der Waals surface area contributed by atoms with Crippen LogP contribution in [-0.2, 0) is 11.2 Å². The van der Waals surface area contributed by atoms with Gasteiger partial charge in [-0.05, 0) is 43.0 Å². The third-order valence-corrected chi connectivity index (χ3v) is 3.62. The molecule has 1 N–H and O–H groups in total. The van der Waals surface area contributed by atoms with Crippen molar-refractivity contribution in [1.82, 2.24) is 0 Å². The predicted molar refractivity (Wildman–Crippen MR) is 77.1 cm³/mol. The van der Waals surface area contributed by atoms with Crippen molar-refractivity contribution in [3.8, 4) is 11.5 Å². The van der Waals surface area contributed by atoms with Crippen LogP contribution < -0.4 is 9.47 Å². The summed E-state index contributed by atoms with van der Waals surface area (Å²) in [6.45, 7) is 2.56. The largest absolute Gasteiger partial charge is 0.501 e. The highest BCUT2D eigenvalue weighted by molar-refractivity contribution is 5.43. The molecular weight excluding hydrogens is 256 g/mol. The fourth-order valence-electron chi connectivity index (χ4n) is 2.46. The van der Waals surface area contributed by atoms with Crippen LogP contribution in [0.3, 0.4) is 0 Å². The molecule has 0 spiro atoms. The van der Waals surface area contributed by atoms with Gasteiger partial charge in [-0.1, -0.05) is 6.07 Å². The first-order valence-electron chi connectivity index (χ1n) is 6.81. The third-order valence-electron chi connectivity index (χ3n) is 3.62. The van der Waals surface area contributed by atoms with Gasteiger partial charge in [-0.25, -0.2) is 0 Å². The van der Waals surface area contributed by atoms with E-state index in [2.05, 4.69) is 0 Å². The lowest BCUT2D eigenvalue weighted by Gasteiger charge is -2.29. The average Bonchev–Trinajstić information content (AvgIpc) is 2.47. The van der Waals surface area contributed by atoms with Gasteiger partial charge in [0.15, 0.2) is 11.5 Å². The first kappa shape index (κ1) is 14.7. The molecule has 0 radical (unpaired) electrons. The van der Waals surface area contributed by atoms with Crippen LogP contribution in [0.2, 0.25) is 0 Å². The Morgan fingerprint density at radius 2 is 2.00 bits per heavy atom. The highest BCUT2D eigenvalue weighted by atomic mass is 16.5. The number of hydrogen-bond acceptors (Lipinski definition) is 4. The van der Waals surface area contributed by atoms with Crippen molar-refractivity contribution in [3.05, 3.63) is 35.6 Å². The van der Waals surface area contributed by atoms with Crippen molar-refractivity contribution in [2.75, 3.05) is 20.8 Å². The Morgan fingerprint density at radius 3 is 2.60 bits per heavy atom. The molecule has 110 valence electrons. The molecule has 1 aliphatic rings. The van der Waals surface area contributed by atoms with Crippen LogP contribution >= 0.6 is 0 Å². The predicted octanol–water partition coefficient (Wildman–Crippen LogP) is 2.69. The van der Waals surface area contributed by atoms with Gasteiger partial charge in [-0.15, -0.1) is 0 Å². The molecule has 20 heavy (non-hydrogen) atoms. The fourth-order valence-corrected chi connectivity index (χ4v) is 2.46. The van der Waals surface area contributed by atoms with Crippen LogP contribution in [0.15, 0.2) is 30.0 Å². The topological polar surface area (TPSA) is 47.9 Å². The summed E-state index contributed by atoms with van der Waals surface area (Å²) in [7, 11) is 3.22. The normalized spacial score (nSPS) is 17.7. The molecule has 0 amide bonds. The zero-order valence-corrected chi connectivity index (χ0v) is 12.3. The van der Waals surface area contributed by atoms with Gasteiger partial charge in [-0.3, -0.25) is 0 Å². The van der Waals surface area contributed by atoms with E-state index in [1.165, 1.54) is 0 Å². The van der Waals surface area contributed by atoms with Gasteiger partial charge in [-0.2, -0.15) is 0 Å². The van der Waals surface area contributed by atoms with Crippen LogP contribution in [0.25, 0.3) is 0 Å². The zero-order chi connectivity index (χ0) is 14.6. The number of aliphatic hydroxyl groups is 1. The Morgan fingerprint density at radius 1 is 1.25 bits per heavy atom. The number of methoxy groups -OCH3 is 2. The molecule has 4 heteroatoms. The lowest BCUT2D eigenvalue weighted by atomic mass is 9.86. The summed E-state index contributed by atoms with van der Waals surface area (Å²) in [5, 5.41) is 10.7. The molecule has 1 aromatic carbocycles. The number of ether oxygens (including phenoxy) is 3. The molecule has 0 aromatic heterocycles. The minimum Gasteiger partial charge on any atom is -0.501 e. The Hall–Kier alpha value is -1.68. The smallest absolute Gasteiger partial charge is 0.160 e. The lowest BCUT2D eigenvalue weighted by Crippen LogP contribution is -2.31. The maximum Gasteiger partial charge on any atom is 0.160 e. The quantitative estimate of drug-likeness (QED) is 0.899. The Kier molecular flexibility index (Phi) is 4.55. The van der Waals surface area contributed by atoms with Crippen LogP contribution in [0.4, 0.5) is 0 Å². The van der Waals surface area contributed by atoms with Gasteiger partial charge < -0.3 is 19.3 Å². The van der Waals surface area contributed by atoms with Crippen LogP contribution in [-0.4, -0.2) is 31.5 Å². The van der Waals surface area contributed by atoms with E-state index in [0.717, 1.165) is 30.6 Å². The van der Waals surface area contributed by atoms with Crippen molar-refractivity contribution in [3.63, 3.8) is 0 Å². The van der Waals surface area contributed by atoms with Crippen LogP contribution in [0.5, 0.6) is 11.5 Å². The molecule has 0 fully saturated rings. The highest BCUT2D eigenvalue weighted by Crippen LogP contribution is 2.32. The Labute approximate surface area is 120 Å². The highest BCUT2D eigenvalue weighted by Gasteiger charge is 2.28. The van der Waals surface area contributed by atoms with Gasteiger partial charge in [0, 0.05) is 6.42 Å². The molecule has 0 bridgehead atoms. The fraction of sp³-hybridized carbons (Fsp3) is 0.500. The van der Waals surface area contributed by atoms with Gasteiger partial charge in [0.25, 0.3) is 0 Å². The first-order valence-corrected chi connectivity index (χ1v) is 6.81. The van der Waals surface area contributed by atoms with Crippen molar-refractivity contribution >= 4 is 0 Å². The van der Waals surface area contributed by atoms with Crippen molar-refractivity contribution < 1.29 is 19.3 Å². The number of benzene rings is 1. The molecule has 1 heterocycles. The van der Waals surface area contributed by atoms with E-state index in [9.17, 15) is 5.11 Å². The molecule has 1 aliphatic heterocycles. The van der Waals surface area contributed by atoms with Crippen LogP contribution in [0.1, 0.15) is 25.3 Å². The summed E-state index contributed by atoms with van der Waals surface area (Å²) in [6.07, 6.45) is 4.04. The van der Waals surface area contributed by atoms with E-state index in [1.807, 2.05) is 25.1 Å². The molecule has 4 nitrogen and oxygen atoms in total. The Balaban J connectivity index is 2.18. The van der Waals surface area contributed by atoms with E-state index in [1.54, 1.807) is 20.5 Å². The maximum absolute atomic E-state index is 10.7.